The SMILES string of the molecule is COc1ccc2c(Cl)cc(-c3nc(C(C)C)cs3)nc2c1C.C[C@H]1CCCCC/C=C\[C@@H]2C[C@@]2(C(=O)NS(=O)(=O)C2(C)CC2)CC(=O)[C@@H]2C[C@@H](O)CN2C1=O. The summed E-state index contributed by atoms with van der Waals surface area (Å²) >= 11 is 8.05. The Balaban J connectivity index is 0.000000203. The van der Waals surface area contributed by atoms with Crippen molar-refractivity contribution in [3.63, 3.8) is 0 Å². The predicted molar refractivity (Wildman–Crippen MR) is 216 cm³/mol. The van der Waals surface area contributed by atoms with Crippen molar-refractivity contribution in [3.8, 4) is 16.5 Å². The van der Waals surface area contributed by atoms with Crippen LogP contribution in [0.5, 0.6) is 5.75 Å². The van der Waals surface area contributed by atoms with E-state index in [-0.39, 0.29) is 42.9 Å². The molecule has 55 heavy (non-hydrogen) atoms. The van der Waals surface area contributed by atoms with Crippen molar-refractivity contribution in [2.24, 2.45) is 17.3 Å². The molecule has 7 rings (SSSR count). The number of nitrogens with zero attached hydrogens (tertiary/aromatic N) is 3. The van der Waals surface area contributed by atoms with Crippen molar-refractivity contribution in [1.82, 2.24) is 19.6 Å². The Labute approximate surface area is 333 Å². The van der Waals surface area contributed by atoms with Crippen LogP contribution in [0.25, 0.3) is 21.6 Å². The minimum atomic E-state index is -3.81. The fraction of sp³-hybridized carbons (Fsp3) is 0.585. The number of allylic oxidation sites excluding steroid dienone is 2. The zero-order valence-electron chi connectivity index (χ0n) is 32.6. The van der Waals surface area contributed by atoms with E-state index in [2.05, 4.69) is 28.9 Å². The number of hydrogen-bond acceptors (Lipinski definition) is 10. The summed E-state index contributed by atoms with van der Waals surface area (Å²) in [4.78, 5) is 50.6. The van der Waals surface area contributed by atoms with Crippen LogP contribution in [-0.2, 0) is 24.4 Å². The van der Waals surface area contributed by atoms with Gasteiger partial charge in [-0.2, -0.15) is 0 Å². The molecule has 2 amide bonds. The van der Waals surface area contributed by atoms with E-state index in [0.29, 0.717) is 30.2 Å². The highest BCUT2D eigenvalue weighted by atomic mass is 35.5. The molecule has 0 unspecified atom stereocenters. The van der Waals surface area contributed by atoms with Crippen molar-refractivity contribution >= 4 is 61.5 Å². The monoisotopic (exact) mass is 812 g/mol. The number of aliphatic hydroxyl groups is 1. The van der Waals surface area contributed by atoms with Gasteiger partial charge in [-0.15, -0.1) is 11.3 Å². The fourth-order valence-corrected chi connectivity index (χ4v) is 10.2. The Hall–Kier alpha value is -3.39. The van der Waals surface area contributed by atoms with E-state index in [1.54, 1.807) is 25.4 Å². The molecule has 4 heterocycles. The molecule has 2 N–H and O–H groups in total. The van der Waals surface area contributed by atoms with Crippen LogP contribution in [0, 0.1) is 24.2 Å². The van der Waals surface area contributed by atoms with E-state index in [1.165, 1.54) is 4.90 Å². The molecule has 3 fully saturated rings. The highest BCUT2D eigenvalue weighted by Gasteiger charge is 2.62. The van der Waals surface area contributed by atoms with Gasteiger partial charge in [-0.3, -0.25) is 19.1 Å². The van der Waals surface area contributed by atoms with Gasteiger partial charge in [-0.05, 0) is 82.4 Å². The first-order valence-electron chi connectivity index (χ1n) is 19.3. The molecule has 2 aliphatic carbocycles. The smallest absolute Gasteiger partial charge is 0.240 e. The predicted octanol–water partition coefficient (Wildman–Crippen LogP) is 7.52. The molecule has 14 heteroatoms. The van der Waals surface area contributed by atoms with E-state index in [4.69, 9.17) is 21.3 Å². The Morgan fingerprint density at radius 1 is 1.16 bits per heavy atom. The average Bonchev–Trinajstić information content (AvgIpc) is 3.92. The molecule has 5 atom stereocenters. The Bertz CT molecular complexity index is 2100. The van der Waals surface area contributed by atoms with Gasteiger partial charge >= 0.3 is 0 Å². The number of ether oxygens (including phenoxy) is 1. The van der Waals surface area contributed by atoms with Crippen LogP contribution < -0.4 is 9.46 Å². The molecule has 298 valence electrons. The summed E-state index contributed by atoms with van der Waals surface area (Å²) in [5.41, 5.74) is 2.64. The van der Waals surface area contributed by atoms with E-state index in [9.17, 15) is 27.9 Å². The van der Waals surface area contributed by atoms with Crippen LogP contribution in [-0.4, -0.2) is 76.5 Å². The quantitative estimate of drug-likeness (QED) is 0.241. The lowest BCUT2D eigenvalue weighted by atomic mass is 9.91. The number of benzene rings is 1. The summed E-state index contributed by atoms with van der Waals surface area (Å²) < 4.78 is 32.1. The summed E-state index contributed by atoms with van der Waals surface area (Å²) in [7, 11) is -2.15. The standard InChI is InChI=1S/C24H36N2O6S.C17H17ClN2OS/c1-16-8-6-4-3-5-7-9-17-13-24(17,22(30)25-33(31,32)23(2)10-11-23)14-20(28)19-12-18(27)15-26(19)21(16)29;1-9(2)14-8-22-17(20-14)13-7-12(18)11-5-6-15(21-4)10(3)16(11)19-13/h7,9,16-19,27H,3-6,8,10-15H2,1-2H3,(H,25,30);5-9H,1-4H3/b9-7-;/t16-,17+,18+,19-,24+;/m0./s1. The lowest BCUT2D eigenvalue weighted by Gasteiger charge is -2.28. The van der Waals surface area contributed by atoms with Crippen molar-refractivity contribution in [2.75, 3.05) is 13.7 Å². The third kappa shape index (κ3) is 8.65. The fourth-order valence-electron chi connectivity index (χ4n) is 7.64. The van der Waals surface area contributed by atoms with Gasteiger partial charge in [0, 0.05) is 41.6 Å². The number of carbonyl (C=O) groups is 3. The van der Waals surface area contributed by atoms with Gasteiger partial charge in [0.15, 0.2) is 5.78 Å². The second-order valence-corrected chi connectivity index (χ2v) is 19.8. The van der Waals surface area contributed by atoms with Crippen LogP contribution in [0.4, 0.5) is 0 Å². The number of thiazole rings is 1. The van der Waals surface area contributed by atoms with E-state index < -0.39 is 38.2 Å². The maximum Gasteiger partial charge on any atom is 0.240 e. The van der Waals surface area contributed by atoms with E-state index >= 15 is 0 Å². The lowest BCUT2D eigenvalue weighted by molar-refractivity contribution is -0.141. The molecule has 2 aliphatic heterocycles. The Morgan fingerprint density at radius 3 is 2.58 bits per heavy atom. The van der Waals surface area contributed by atoms with Crippen LogP contribution in [0.15, 0.2) is 35.7 Å². The highest BCUT2D eigenvalue weighted by molar-refractivity contribution is 7.91. The van der Waals surface area contributed by atoms with Crippen molar-refractivity contribution in [3.05, 3.63) is 52.0 Å². The summed E-state index contributed by atoms with van der Waals surface area (Å²) in [6, 6.07) is 4.98. The number of sulfonamides is 1. The van der Waals surface area contributed by atoms with Crippen LogP contribution in [0.1, 0.15) is 109 Å². The number of hydrogen-bond donors (Lipinski definition) is 2. The number of Topliss-reactive ketones (excluding diaryl/α,β-unsaturated/α-hetero) is 1. The van der Waals surface area contributed by atoms with Crippen LogP contribution >= 0.6 is 22.9 Å². The largest absolute Gasteiger partial charge is 0.496 e. The Morgan fingerprint density at radius 2 is 1.91 bits per heavy atom. The molecule has 0 bridgehead atoms. The number of fused-ring (bicyclic) bond motifs is 3. The maximum absolute atomic E-state index is 13.4. The molecule has 0 radical (unpaired) electrons. The van der Waals surface area contributed by atoms with E-state index in [0.717, 1.165) is 70.7 Å². The van der Waals surface area contributed by atoms with Gasteiger partial charge in [-0.25, -0.2) is 18.4 Å². The number of rotatable bonds is 6. The van der Waals surface area contributed by atoms with Crippen LogP contribution in [0.3, 0.4) is 0 Å². The second-order valence-electron chi connectivity index (χ2n) is 16.4. The summed E-state index contributed by atoms with van der Waals surface area (Å²) in [6.45, 7) is 9.87. The number of pyridine rings is 1. The van der Waals surface area contributed by atoms with Crippen molar-refractivity contribution < 1.29 is 32.6 Å². The number of carbonyl (C=O) groups excluding carboxylic acids is 3. The van der Waals surface area contributed by atoms with Crippen molar-refractivity contribution in [2.45, 2.75) is 122 Å². The number of halogens is 1. The zero-order valence-corrected chi connectivity index (χ0v) is 35.0. The first kappa shape index (κ1) is 41.2. The zero-order chi connectivity index (χ0) is 39.9. The third-order valence-corrected chi connectivity index (χ3v) is 15.2. The molecular weight excluding hydrogens is 760 g/mol. The number of aromatic nitrogens is 2. The number of aliphatic hydroxyl groups excluding tert-OH is 1. The molecule has 2 aromatic heterocycles. The minimum Gasteiger partial charge on any atom is -0.496 e. The van der Waals surface area contributed by atoms with Crippen molar-refractivity contribution in [1.29, 1.82) is 0 Å². The van der Waals surface area contributed by atoms with Gasteiger partial charge in [-0.1, -0.05) is 57.4 Å². The number of nitrogens with one attached hydrogen (secondary N) is 1. The molecule has 2 saturated carbocycles. The Kier molecular flexibility index (Phi) is 12.2. The third-order valence-electron chi connectivity index (χ3n) is 11.8. The first-order valence-corrected chi connectivity index (χ1v) is 22.1. The molecule has 0 spiro atoms. The van der Waals surface area contributed by atoms with Gasteiger partial charge in [0.25, 0.3) is 0 Å². The topological polar surface area (TPSA) is 156 Å². The minimum absolute atomic E-state index is 0.120. The molecule has 11 nitrogen and oxygen atoms in total. The molecular formula is C41H53ClN4O7S2. The van der Waals surface area contributed by atoms with Gasteiger partial charge < -0.3 is 14.7 Å². The number of ketones is 1. The number of amides is 2. The molecule has 1 saturated heterocycles. The summed E-state index contributed by atoms with van der Waals surface area (Å²) in [5.74, 6) is -0.244. The normalized spacial score (nSPS) is 27.3. The van der Waals surface area contributed by atoms with Gasteiger partial charge in [0.1, 0.15) is 16.5 Å². The van der Waals surface area contributed by atoms with Gasteiger partial charge in [0.2, 0.25) is 21.8 Å². The molecule has 1 aromatic carbocycles. The van der Waals surface area contributed by atoms with Crippen LogP contribution in [0.2, 0.25) is 5.02 Å². The number of aryl methyl sites for hydroxylation is 1. The number of methoxy groups -OCH3 is 1. The molecule has 4 aliphatic rings. The van der Waals surface area contributed by atoms with E-state index in [1.807, 2.05) is 44.2 Å². The highest BCUT2D eigenvalue weighted by Crippen LogP contribution is 2.57. The lowest BCUT2D eigenvalue weighted by Crippen LogP contribution is -2.46. The average molecular weight is 813 g/mol. The van der Waals surface area contributed by atoms with Gasteiger partial charge in [0.05, 0.1) is 45.7 Å². The summed E-state index contributed by atoms with van der Waals surface area (Å²) in [5, 5.41) is 14.8. The first-order chi connectivity index (χ1) is 26.0. The molecule has 3 aromatic rings. The second kappa shape index (κ2) is 16.2. The maximum atomic E-state index is 13.4. The summed E-state index contributed by atoms with van der Waals surface area (Å²) in [6.07, 6.45) is 9.14.